The first-order valence-corrected chi connectivity index (χ1v) is 21.2. The Morgan fingerprint density at radius 2 is 0.931 bits per heavy atom. The summed E-state index contributed by atoms with van der Waals surface area (Å²) in [5.74, 6) is -0.0746. The Balaban J connectivity index is 1.29. The lowest BCUT2D eigenvalue weighted by Crippen LogP contribution is -1.99. The van der Waals surface area contributed by atoms with E-state index in [0.717, 1.165) is 90.9 Å². The third-order valence-electron chi connectivity index (χ3n) is 10.2. The van der Waals surface area contributed by atoms with Crippen LogP contribution < -0.4 is 0 Å². The van der Waals surface area contributed by atoms with E-state index in [1.165, 1.54) is 13.0 Å². The molecule has 0 saturated heterocycles. The highest BCUT2D eigenvalue weighted by molar-refractivity contribution is 14.1. The van der Waals surface area contributed by atoms with E-state index in [0.29, 0.717) is 12.8 Å². The van der Waals surface area contributed by atoms with Gasteiger partial charge in [0.25, 0.3) is 0 Å². The first kappa shape index (κ1) is 39.1. The van der Waals surface area contributed by atoms with Crippen molar-refractivity contribution in [3.63, 3.8) is 0 Å². The van der Waals surface area contributed by atoms with Crippen molar-refractivity contribution >= 4 is 51.0 Å². The first-order chi connectivity index (χ1) is 28.3. The Bertz CT molecular complexity index is 2640. The number of hydrogen-bond donors (Lipinski definition) is 1. The minimum absolute atomic E-state index is 0.0232. The molecule has 0 fully saturated rings. The van der Waals surface area contributed by atoms with Gasteiger partial charge in [-0.15, -0.1) is 0 Å². The molecule has 8 rings (SSSR count). The molecule has 6 aromatic carbocycles. The molecule has 4 nitrogen and oxygen atoms in total. The molecule has 0 bridgehead atoms. The fourth-order valence-corrected chi connectivity index (χ4v) is 9.08. The standard InChI is InChI=1S/C52H38I2N2O2/c1-34(57)28-41(58)23-20-35-12-2-3-13-42(35)38-29-39(43-14-4-6-16-45(43)47-24-21-36(32-49(47)53)51-18-8-10-26-55-51)31-40(30-38)44-15-5-7-17-46(44)48-25-22-37(33-50(48)54)52-19-9-11-27-56-52/h2-19,21-22,24-33,57H,20,23H2,1H3/b34-28-. The molecule has 8 aromatic rings. The quantitative estimate of drug-likeness (QED) is 0.0797. The summed E-state index contributed by atoms with van der Waals surface area (Å²) in [7, 11) is 0. The molecule has 0 radical (unpaired) electrons. The summed E-state index contributed by atoms with van der Waals surface area (Å²) in [5, 5.41) is 9.74. The number of ketones is 1. The fraction of sp³-hybridized carbons (Fsp3) is 0.0577. The van der Waals surface area contributed by atoms with Crippen molar-refractivity contribution in [2.75, 3.05) is 0 Å². The topological polar surface area (TPSA) is 63.1 Å². The molecule has 0 amide bonds. The molecule has 1 N–H and O–H groups in total. The van der Waals surface area contributed by atoms with E-state index in [-0.39, 0.29) is 11.5 Å². The number of carbonyl (C=O) groups is 1. The van der Waals surface area contributed by atoms with Gasteiger partial charge in [0.05, 0.1) is 17.1 Å². The zero-order valence-electron chi connectivity index (χ0n) is 31.7. The average molecular weight is 977 g/mol. The Labute approximate surface area is 366 Å². The Morgan fingerprint density at radius 3 is 1.38 bits per heavy atom. The van der Waals surface area contributed by atoms with Crippen LogP contribution in [0.2, 0.25) is 0 Å². The molecule has 6 heteroatoms. The molecule has 0 atom stereocenters. The highest BCUT2D eigenvalue weighted by Crippen LogP contribution is 2.43. The molecule has 0 saturated carbocycles. The van der Waals surface area contributed by atoms with Crippen LogP contribution in [0.25, 0.3) is 78.1 Å². The smallest absolute Gasteiger partial charge is 0.159 e. The molecule has 0 aliphatic carbocycles. The monoisotopic (exact) mass is 976 g/mol. The van der Waals surface area contributed by atoms with Gasteiger partial charge in [-0.05, 0) is 174 Å². The summed E-state index contributed by atoms with van der Waals surface area (Å²) in [6.07, 6.45) is 5.81. The third kappa shape index (κ3) is 8.73. The van der Waals surface area contributed by atoms with E-state index < -0.39 is 0 Å². The number of rotatable bonds is 11. The van der Waals surface area contributed by atoms with Gasteiger partial charge in [-0.2, -0.15) is 0 Å². The summed E-state index contributed by atoms with van der Waals surface area (Å²) in [6, 6.07) is 57.6. The van der Waals surface area contributed by atoms with Crippen LogP contribution in [-0.4, -0.2) is 20.9 Å². The van der Waals surface area contributed by atoms with Crippen molar-refractivity contribution in [2.45, 2.75) is 19.8 Å². The summed E-state index contributed by atoms with van der Waals surface area (Å²) < 4.78 is 2.28. The van der Waals surface area contributed by atoms with Crippen molar-refractivity contribution in [1.82, 2.24) is 9.97 Å². The summed E-state index contributed by atoms with van der Waals surface area (Å²) in [6.45, 7) is 1.53. The molecule has 0 aliphatic rings. The van der Waals surface area contributed by atoms with Gasteiger partial charge >= 0.3 is 0 Å². The maximum atomic E-state index is 12.7. The lowest BCUT2D eigenvalue weighted by molar-refractivity contribution is -0.114. The van der Waals surface area contributed by atoms with Crippen LogP contribution in [0, 0.1) is 7.14 Å². The molecular weight excluding hydrogens is 938 g/mol. The van der Waals surface area contributed by atoms with Crippen molar-refractivity contribution in [2.24, 2.45) is 0 Å². The average Bonchev–Trinajstić information content (AvgIpc) is 3.26. The zero-order valence-corrected chi connectivity index (χ0v) is 36.1. The Hall–Kier alpha value is -5.71. The summed E-state index contributed by atoms with van der Waals surface area (Å²) in [5.41, 5.74) is 16.3. The number of hydrogen-bond acceptors (Lipinski definition) is 4. The van der Waals surface area contributed by atoms with Gasteiger partial charge in [0, 0.05) is 43.2 Å². The van der Waals surface area contributed by atoms with E-state index in [1.54, 1.807) is 0 Å². The predicted molar refractivity (Wildman–Crippen MR) is 255 cm³/mol. The van der Waals surface area contributed by atoms with Gasteiger partial charge in [0.1, 0.15) is 0 Å². The summed E-state index contributed by atoms with van der Waals surface area (Å²) >= 11 is 4.90. The van der Waals surface area contributed by atoms with Crippen molar-refractivity contribution < 1.29 is 9.90 Å². The van der Waals surface area contributed by atoms with Crippen molar-refractivity contribution in [1.29, 1.82) is 0 Å². The van der Waals surface area contributed by atoms with Crippen LogP contribution in [0.15, 0.2) is 188 Å². The number of allylic oxidation sites excluding steroid dienone is 2. The van der Waals surface area contributed by atoms with Crippen molar-refractivity contribution in [3.8, 4) is 78.1 Å². The van der Waals surface area contributed by atoms with Gasteiger partial charge in [0.15, 0.2) is 5.78 Å². The van der Waals surface area contributed by atoms with Crippen LogP contribution in [-0.2, 0) is 11.2 Å². The van der Waals surface area contributed by atoms with Gasteiger partial charge in [0.2, 0.25) is 0 Å². The minimum Gasteiger partial charge on any atom is -0.512 e. The zero-order chi connectivity index (χ0) is 40.0. The maximum Gasteiger partial charge on any atom is 0.159 e. The Morgan fingerprint density at radius 1 is 0.500 bits per heavy atom. The van der Waals surface area contributed by atoms with Crippen molar-refractivity contribution in [3.05, 3.63) is 201 Å². The molecule has 0 spiro atoms. The number of carbonyl (C=O) groups excluding carboxylic acids is 1. The highest BCUT2D eigenvalue weighted by Gasteiger charge is 2.18. The maximum absolute atomic E-state index is 12.7. The van der Waals surface area contributed by atoms with Gasteiger partial charge < -0.3 is 5.11 Å². The number of nitrogens with zero attached hydrogens (tertiary/aromatic N) is 2. The molecule has 58 heavy (non-hydrogen) atoms. The van der Waals surface area contributed by atoms with Crippen LogP contribution in [0.4, 0.5) is 0 Å². The van der Waals surface area contributed by atoms with Gasteiger partial charge in [-0.1, -0.05) is 109 Å². The SMILES string of the molecule is C/C(O)=C/C(=O)CCc1ccccc1-c1cc(-c2ccccc2-c2ccc(-c3ccccn3)cc2I)cc(-c2ccccc2-c2ccc(-c3ccccn3)cc2I)c1. The fourth-order valence-electron chi connectivity index (χ4n) is 7.47. The second-order valence-electron chi connectivity index (χ2n) is 14.1. The number of aliphatic hydroxyl groups is 1. The Kier molecular flexibility index (Phi) is 12.0. The lowest BCUT2D eigenvalue weighted by atomic mass is 9.86. The molecular formula is C52H38I2N2O2. The number of aryl methyl sites for hydroxylation is 1. The van der Waals surface area contributed by atoms with Gasteiger partial charge in [-0.3, -0.25) is 14.8 Å². The third-order valence-corrected chi connectivity index (χ3v) is 12.0. The van der Waals surface area contributed by atoms with E-state index in [9.17, 15) is 9.90 Å². The second-order valence-corrected chi connectivity index (χ2v) is 16.4. The van der Waals surface area contributed by atoms with E-state index in [4.69, 9.17) is 0 Å². The number of halogens is 2. The number of benzene rings is 6. The van der Waals surface area contributed by atoms with Crippen LogP contribution >= 0.6 is 45.2 Å². The number of aromatic nitrogens is 2. The normalized spacial score (nSPS) is 11.4. The first-order valence-electron chi connectivity index (χ1n) is 19.1. The van der Waals surface area contributed by atoms with E-state index in [2.05, 4.69) is 176 Å². The molecule has 0 unspecified atom stereocenters. The second kappa shape index (κ2) is 17.8. The molecule has 0 aliphatic heterocycles. The number of pyridine rings is 2. The van der Waals surface area contributed by atoms with E-state index >= 15 is 0 Å². The summed E-state index contributed by atoms with van der Waals surface area (Å²) in [4.78, 5) is 21.9. The predicted octanol–water partition coefficient (Wildman–Crippen LogP) is 14.3. The lowest BCUT2D eigenvalue weighted by Gasteiger charge is -2.18. The molecule has 2 aromatic heterocycles. The van der Waals surface area contributed by atoms with Crippen LogP contribution in [0.5, 0.6) is 0 Å². The molecule has 282 valence electrons. The van der Waals surface area contributed by atoms with E-state index in [1.807, 2.05) is 54.9 Å². The highest BCUT2D eigenvalue weighted by atomic mass is 127. The largest absolute Gasteiger partial charge is 0.512 e. The molecule has 2 heterocycles. The number of aliphatic hydroxyl groups excluding tert-OH is 1. The van der Waals surface area contributed by atoms with Gasteiger partial charge in [-0.25, -0.2) is 0 Å². The minimum atomic E-state index is -0.0977. The van der Waals surface area contributed by atoms with Crippen LogP contribution in [0.1, 0.15) is 18.9 Å². The van der Waals surface area contributed by atoms with Crippen LogP contribution in [0.3, 0.4) is 0 Å².